The van der Waals surface area contributed by atoms with E-state index < -0.39 is 0 Å². The van der Waals surface area contributed by atoms with Crippen LogP contribution in [0.3, 0.4) is 0 Å². The van der Waals surface area contributed by atoms with E-state index in [2.05, 4.69) is 23.2 Å². The van der Waals surface area contributed by atoms with Crippen LogP contribution in [-0.2, 0) is 0 Å². The van der Waals surface area contributed by atoms with Crippen molar-refractivity contribution in [3.05, 3.63) is 65.5 Å². The fourth-order valence-electron chi connectivity index (χ4n) is 2.62. The van der Waals surface area contributed by atoms with Crippen molar-refractivity contribution in [1.29, 1.82) is 0 Å². The van der Waals surface area contributed by atoms with Crippen LogP contribution in [-0.4, -0.2) is 4.98 Å². The molecule has 0 saturated carbocycles. The van der Waals surface area contributed by atoms with Gasteiger partial charge in [-0.25, -0.2) is 4.98 Å². The summed E-state index contributed by atoms with van der Waals surface area (Å²) < 4.78 is 6.02. The fraction of sp³-hybridized carbons (Fsp3) is 0.118. The van der Waals surface area contributed by atoms with Gasteiger partial charge in [0, 0.05) is 10.4 Å². The second-order valence-electron chi connectivity index (χ2n) is 4.99. The third kappa shape index (κ3) is 1.84. The highest BCUT2D eigenvalue weighted by Gasteiger charge is 2.17. The number of benzene rings is 2. The van der Waals surface area contributed by atoms with Gasteiger partial charge in [0.05, 0.1) is 5.92 Å². The van der Waals surface area contributed by atoms with E-state index in [1.165, 1.54) is 0 Å². The van der Waals surface area contributed by atoms with Gasteiger partial charge in [0.15, 0.2) is 5.58 Å². The highest BCUT2D eigenvalue weighted by atomic mass is 35.5. The first-order chi connectivity index (χ1) is 9.81. The maximum Gasteiger partial charge on any atom is 0.202 e. The molecule has 1 unspecified atom stereocenters. The highest BCUT2D eigenvalue weighted by Crippen LogP contribution is 2.32. The lowest BCUT2D eigenvalue weighted by molar-refractivity contribution is 0.507. The zero-order valence-electron chi connectivity index (χ0n) is 10.7. The van der Waals surface area contributed by atoms with E-state index in [0.29, 0.717) is 5.02 Å². The van der Waals surface area contributed by atoms with E-state index in [4.69, 9.17) is 16.0 Å². The summed E-state index contributed by atoms with van der Waals surface area (Å²) in [6, 6.07) is 9.88. The van der Waals surface area contributed by atoms with Gasteiger partial charge in [0.1, 0.15) is 5.52 Å². The van der Waals surface area contributed by atoms with E-state index in [9.17, 15) is 0 Å². The van der Waals surface area contributed by atoms with Crippen molar-refractivity contribution in [3.63, 3.8) is 0 Å². The number of hydrogen-bond acceptors (Lipinski definition) is 2. The van der Waals surface area contributed by atoms with Gasteiger partial charge in [-0.15, -0.1) is 0 Å². The second kappa shape index (κ2) is 4.50. The molecule has 1 heterocycles. The zero-order chi connectivity index (χ0) is 13.5. The van der Waals surface area contributed by atoms with E-state index in [0.717, 1.165) is 34.2 Å². The first kappa shape index (κ1) is 11.7. The van der Waals surface area contributed by atoms with Gasteiger partial charge < -0.3 is 4.42 Å². The molecule has 0 aliphatic heterocycles. The van der Waals surface area contributed by atoms with Gasteiger partial charge in [-0.05, 0) is 30.0 Å². The Balaban J connectivity index is 1.94. The van der Waals surface area contributed by atoms with Crippen LogP contribution in [0, 0.1) is 0 Å². The van der Waals surface area contributed by atoms with Crippen molar-refractivity contribution in [2.75, 3.05) is 0 Å². The Labute approximate surface area is 121 Å². The fourth-order valence-corrected chi connectivity index (χ4v) is 2.79. The molecule has 3 aromatic rings. The number of hydrogen-bond donors (Lipinski definition) is 0. The highest BCUT2D eigenvalue weighted by molar-refractivity contribution is 6.31. The molecule has 0 spiro atoms. The zero-order valence-corrected chi connectivity index (χ0v) is 11.5. The van der Waals surface area contributed by atoms with Crippen LogP contribution in [0.15, 0.2) is 59.1 Å². The van der Waals surface area contributed by atoms with Gasteiger partial charge in [-0.3, -0.25) is 0 Å². The largest absolute Gasteiger partial charge is 0.439 e. The summed E-state index contributed by atoms with van der Waals surface area (Å²) in [5.41, 5.74) is 1.71. The van der Waals surface area contributed by atoms with Gasteiger partial charge in [-0.2, -0.15) is 0 Å². The molecule has 1 aromatic heterocycles. The van der Waals surface area contributed by atoms with E-state index in [1.54, 1.807) is 0 Å². The van der Waals surface area contributed by atoms with Crippen LogP contribution in [0.5, 0.6) is 0 Å². The lowest BCUT2D eigenvalue weighted by Crippen LogP contribution is -1.95. The van der Waals surface area contributed by atoms with Gasteiger partial charge in [0.25, 0.3) is 0 Å². The SMILES string of the molecule is Clc1ccc2ccc3nc(C4C=CC=CC4)oc3c2c1. The Morgan fingerprint density at radius 2 is 2.05 bits per heavy atom. The maximum atomic E-state index is 6.09. The summed E-state index contributed by atoms with van der Waals surface area (Å²) in [6.45, 7) is 0. The quantitative estimate of drug-likeness (QED) is 0.610. The molecule has 0 amide bonds. The average molecular weight is 282 g/mol. The predicted octanol–water partition coefficient (Wildman–Crippen LogP) is 5.23. The molecule has 0 N–H and O–H groups in total. The number of nitrogens with zero attached hydrogens (tertiary/aromatic N) is 1. The molecule has 0 radical (unpaired) electrons. The third-order valence-corrected chi connectivity index (χ3v) is 3.88. The number of halogens is 1. The minimum Gasteiger partial charge on any atom is -0.439 e. The Morgan fingerprint density at radius 1 is 1.15 bits per heavy atom. The summed E-state index contributed by atoms with van der Waals surface area (Å²) in [4.78, 5) is 4.62. The minimum absolute atomic E-state index is 0.224. The third-order valence-electron chi connectivity index (χ3n) is 3.65. The molecule has 1 aliphatic rings. The lowest BCUT2D eigenvalue weighted by atomic mass is 10.0. The molecule has 1 aliphatic carbocycles. The Kier molecular flexibility index (Phi) is 2.64. The van der Waals surface area contributed by atoms with Gasteiger partial charge >= 0.3 is 0 Å². The first-order valence-corrected chi connectivity index (χ1v) is 7.01. The summed E-state index contributed by atoms with van der Waals surface area (Å²) in [5.74, 6) is 0.995. The van der Waals surface area contributed by atoms with Gasteiger partial charge in [-0.1, -0.05) is 48.0 Å². The molecule has 2 nitrogen and oxygen atoms in total. The summed E-state index contributed by atoms with van der Waals surface area (Å²) in [6.07, 6.45) is 9.28. The van der Waals surface area contributed by atoms with Crippen molar-refractivity contribution >= 4 is 33.5 Å². The monoisotopic (exact) mass is 281 g/mol. The van der Waals surface area contributed by atoms with Crippen molar-refractivity contribution in [2.24, 2.45) is 0 Å². The minimum atomic E-state index is 0.224. The smallest absolute Gasteiger partial charge is 0.202 e. The first-order valence-electron chi connectivity index (χ1n) is 6.63. The maximum absolute atomic E-state index is 6.09. The van der Waals surface area contributed by atoms with Crippen LogP contribution >= 0.6 is 11.6 Å². The van der Waals surface area contributed by atoms with E-state index >= 15 is 0 Å². The van der Waals surface area contributed by atoms with Crippen molar-refractivity contribution in [1.82, 2.24) is 4.98 Å². The summed E-state index contributed by atoms with van der Waals surface area (Å²) >= 11 is 6.09. The van der Waals surface area contributed by atoms with Crippen LogP contribution in [0.4, 0.5) is 0 Å². The van der Waals surface area contributed by atoms with E-state index in [1.807, 2.05) is 36.4 Å². The predicted molar refractivity (Wildman–Crippen MR) is 82.2 cm³/mol. The molecule has 0 saturated heterocycles. The molecular formula is C17H12ClNO. The number of fused-ring (bicyclic) bond motifs is 3. The Morgan fingerprint density at radius 3 is 2.90 bits per heavy atom. The molecule has 98 valence electrons. The average Bonchev–Trinajstić information content (AvgIpc) is 2.93. The number of aromatic nitrogens is 1. The molecule has 0 bridgehead atoms. The van der Waals surface area contributed by atoms with Crippen LogP contribution in [0.2, 0.25) is 5.02 Å². The molecular weight excluding hydrogens is 270 g/mol. The Hall–Kier alpha value is -2.06. The van der Waals surface area contributed by atoms with Crippen LogP contribution in [0.1, 0.15) is 18.2 Å². The van der Waals surface area contributed by atoms with Crippen LogP contribution in [0.25, 0.3) is 21.9 Å². The van der Waals surface area contributed by atoms with Crippen molar-refractivity contribution in [3.8, 4) is 0 Å². The molecule has 4 rings (SSSR count). The normalized spacial score (nSPS) is 18.1. The molecule has 1 atom stereocenters. The molecule has 3 heteroatoms. The molecule has 2 aromatic carbocycles. The number of oxazole rings is 1. The Bertz CT molecular complexity index is 860. The van der Waals surface area contributed by atoms with Crippen molar-refractivity contribution in [2.45, 2.75) is 12.3 Å². The topological polar surface area (TPSA) is 26.0 Å². The number of rotatable bonds is 1. The number of allylic oxidation sites excluding steroid dienone is 4. The van der Waals surface area contributed by atoms with Crippen LogP contribution < -0.4 is 0 Å². The summed E-state index contributed by atoms with van der Waals surface area (Å²) in [7, 11) is 0. The second-order valence-corrected chi connectivity index (χ2v) is 5.42. The van der Waals surface area contributed by atoms with E-state index in [-0.39, 0.29) is 5.92 Å². The lowest BCUT2D eigenvalue weighted by Gasteiger charge is -2.07. The standard InChI is InChI=1S/C17H12ClNO/c18-13-8-6-11-7-9-15-16(14(11)10-13)20-17(19-15)12-4-2-1-3-5-12/h1-4,6-10,12H,5H2. The summed E-state index contributed by atoms with van der Waals surface area (Å²) in [5, 5.41) is 2.84. The molecule has 0 fully saturated rings. The van der Waals surface area contributed by atoms with Crippen molar-refractivity contribution < 1.29 is 4.42 Å². The molecule has 20 heavy (non-hydrogen) atoms. The van der Waals surface area contributed by atoms with Gasteiger partial charge in [0.2, 0.25) is 5.89 Å².